The molecule has 0 radical (unpaired) electrons. The molecule has 1 aromatic rings. The summed E-state index contributed by atoms with van der Waals surface area (Å²) in [7, 11) is 0. The third-order valence-electron chi connectivity index (χ3n) is 3.61. The second-order valence-corrected chi connectivity index (χ2v) is 5.13. The van der Waals surface area contributed by atoms with E-state index >= 15 is 0 Å². The van der Waals surface area contributed by atoms with Gasteiger partial charge in [-0.2, -0.15) is 4.39 Å². The van der Waals surface area contributed by atoms with E-state index in [0.717, 1.165) is 0 Å². The van der Waals surface area contributed by atoms with Crippen molar-refractivity contribution >= 4 is 11.6 Å². The van der Waals surface area contributed by atoms with E-state index in [4.69, 9.17) is 0 Å². The van der Waals surface area contributed by atoms with Gasteiger partial charge in [0.1, 0.15) is 5.82 Å². The van der Waals surface area contributed by atoms with Gasteiger partial charge in [0.25, 0.3) is 5.91 Å². The molecule has 21 heavy (non-hydrogen) atoms. The van der Waals surface area contributed by atoms with Crippen molar-refractivity contribution in [1.82, 2.24) is 4.90 Å². The number of piperidine rings is 1. The summed E-state index contributed by atoms with van der Waals surface area (Å²) in [4.78, 5) is 22.9. The predicted molar refractivity (Wildman–Crippen MR) is 68.7 cm³/mol. The Labute approximate surface area is 119 Å². The van der Waals surface area contributed by atoms with Crippen LogP contribution in [0.2, 0.25) is 0 Å². The summed E-state index contributed by atoms with van der Waals surface area (Å²) >= 11 is 0. The minimum Gasteiger partial charge on any atom is -0.393 e. The molecule has 0 saturated carbocycles. The Balaban J connectivity index is 2.28. The molecule has 2 atom stereocenters. The van der Waals surface area contributed by atoms with Crippen molar-refractivity contribution in [3.63, 3.8) is 0 Å². The van der Waals surface area contributed by atoms with Gasteiger partial charge in [-0.1, -0.05) is 6.92 Å². The van der Waals surface area contributed by atoms with Crippen LogP contribution in [-0.2, 0) is 0 Å². The number of halogens is 2. The van der Waals surface area contributed by atoms with Crippen molar-refractivity contribution in [3.8, 4) is 0 Å². The highest BCUT2D eigenvalue weighted by molar-refractivity contribution is 5.94. The molecule has 114 valence electrons. The number of benzene rings is 1. The zero-order chi connectivity index (χ0) is 15.7. The van der Waals surface area contributed by atoms with Gasteiger partial charge in [0, 0.05) is 13.1 Å². The van der Waals surface area contributed by atoms with Crippen molar-refractivity contribution in [2.75, 3.05) is 13.1 Å². The summed E-state index contributed by atoms with van der Waals surface area (Å²) in [5.74, 6) is -3.30. The molecule has 1 fully saturated rings. The fraction of sp³-hybridized carbons (Fsp3) is 0.462. The highest BCUT2D eigenvalue weighted by Crippen LogP contribution is 2.24. The number of nitrogens with zero attached hydrogens (tertiary/aromatic N) is 2. The third-order valence-corrected chi connectivity index (χ3v) is 3.61. The van der Waals surface area contributed by atoms with Crippen molar-refractivity contribution in [2.24, 2.45) is 5.92 Å². The van der Waals surface area contributed by atoms with Gasteiger partial charge in [0.15, 0.2) is 0 Å². The lowest BCUT2D eigenvalue weighted by atomic mass is 9.96. The molecule has 1 heterocycles. The molecule has 0 aromatic heterocycles. The lowest BCUT2D eigenvalue weighted by Gasteiger charge is -2.34. The van der Waals surface area contributed by atoms with Crippen LogP contribution in [0.1, 0.15) is 23.7 Å². The number of likely N-dealkylation sites (tertiary alicyclic amines) is 1. The highest BCUT2D eigenvalue weighted by atomic mass is 19.1. The molecule has 1 saturated heterocycles. The number of amides is 1. The smallest absolute Gasteiger partial charge is 0.307 e. The summed E-state index contributed by atoms with van der Waals surface area (Å²) in [5.41, 5.74) is -1.55. The van der Waals surface area contributed by atoms with Gasteiger partial charge in [-0.3, -0.25) is 14.9 Å². The Morgan fingerprint density at radius 1 is 1.43 bits per heavy atom. The van der Waals surface area contributed by atoms with Gasteiger partial charge in [-0.15, -0.1) is 0 Å². The first-order valence-electron chi connectivity index (χ1n) is 6.42. The predicted octanol–water partition coefficient (Wildman–Crippen LogP) is 1.72. The number of nitro groups is 1. The number of carbonyl (C=O) groups excluding carboxylic acids is 1. The maximum atomic E-state index is 13.8. The van der Waals surface area contributed by atoms with E-state index in [1.165, 1.54) is 4.90 Å². The van der Waals surface area contributed by atoms with E-state index in [2.05, 4.69) is 0 Å². The van der Waals surface area contributed by atoms with Gasteiger partial charge in [-0.25, -0.2) is 4.39 Å². The van der Waals surface area contributed by atoms with Crippen molar-refractivity contribution in [3.05, 3.63) is 39.4 Å². The minimum atomic E-state index is -1.25. The Morgan fingerprint density at radius 3 is 2.67 bits per heavy atom. The number of hydrogen-bond donors (Lipinski definition) is 1. The minimum absolute atomic E-state index is 0.173. The lowest BCUT2D eigenvalue weighted by molar-refractivity contribution is -0.387. The van der Waals surface area contributed by atoms with Crippen molar-refractivity contribution < 1.29 is 23.6 Å². The Morgan fingerprint density at radius 2 is 2.10 bits per heavy atom. The van der Waals surface area contributed by atoms with Gasteiger partial charge in [0.2, 0.25) is 5.82 Å². The molecule has 0 aliphatic carbocycles. The van der Waals surface area contributed by atoms with E-state index in [0.29, 0.717) is 18.6 Å². The van der Waals surface area contributed by atoms with Crippen LogP contribution < -0.4 is 0 Å². The normalized spacial score (nSPS) is 22.2. The van der Waals surface area contributed by atoms with E-state index in [1.807, 2.05) is 0 Å². The Hall–Kier alpha value is -2.09. The zero-order valence-electron chi connectivity index (χ0n) is 11.3. The van der Waals surface area contributed by atoms with Crippen LogP contribution >= 0.6 is 0 Å². The summed E-state index contributed by atoms with van der Waals surface area (Å²) in [6.07, 6.45) is -0.184. The van der Waals surface area contributed by atoms with E-state index < -0.39 is 39.8 Å². The van der Waals surface area contributed by atoms with Crippen LogP contribution in [0.25, 0.3) is 0 Å². The number of rotatable bonds is 2. The fourth-order valence-electron chi connectivity index (χ4n) is 2.33. The highest BCUT2D eigenvalue weighted by Gasteiger charge is 2.30. The number of aliphatic hydroxyl groups is 1. The summed E-state index contributed by atoms with van der Waals surface area (Å²) in [5, 5.41) is 20.1. The SMILES string of the molecule is CC1CN(C(=O)c2cc(F)c([N+](=O)[O-])cc2F)CCC1O. The number of carbonyl (C=O) groups is 1. The summed E-state index contributed by atoms with van der Waals surface area (Å²) in [6, 6.07) is 0.955. The van der Waals surface area contributed by atoms with Crippen LogP contribution in [0, 0.1) is 27.7 Å². The third kappa shape index (κ3) is 2.99. The van der Waals surface area contributed by atoms with Crippen LogP contribution in [0.4, 0.5) is 14.5 Å². The van der Waals surface area contributed by atoms with Crippen LogP contribution in [-0.4, -0.2) is 40.0 Å². The van der Waals surface area contributed by atoms with Crippen LogP contribution in [0.3, 0.4) is 0 Å². The molecule has 6 nitrogen and oxygen atoms in total. The summed E-state index contributed by atoms with van der Waals surface area (Å²) in [6.45, 7) is 2.19. The molecule has 1 aliphatic rings. The molecule has 0 spiro atoms. The van der Waals surface area contributed by atoms with Gasteiger partial charge in [-0.05, 0) is 18.4 Å². The number of hydrogen-bond acceptors (Lipinski definition) is 4. The van der Waals surface area contributed by atoms with E-state index in [-0.39, 0.29) is 19.0 Å². The maximum absolute atomic E-state index is 13.8. The number of nitro benzene ring substituents is 1. The zero-order valence-corrected chi connectivity index (χ0v) is 11.3. The monoisotopic (exact) mass is 300 g/mol. The second-order valence-electron chi connectivity index (χ2n) is 5.13. The lowest BCUT2D eigenvalue weighted by Crippen LogP contribution is -2.45. The van der Waals surface area contributed by atoms with E-state index in [1.54, 1.807) is 6.92 Å². The topological polar surface area (TPSA) is 83.7 Å². The van der Waals surface area contributed by atoms with Crippen LogP contribution in [0.15, 0.2) is 12.1 Å². The van der Waals surface area contributed by atoms with Gasteiger partial charge in [0.05, 0.1) is 22.7 Å². The molecule has 0 bridgehead atoms. The molecule has 2 rings (SSSR count). The molecule has 1 amide bonds. The first-order chi connectivity index (χ1) is 9.81. The van der Waals surface area contributed by atoms with Crippen molar-refractivity contribution in [2.45, 2.75) is 19.4 Å². The second kappa shape index (κ2) is 5.72. The standard InChI is InChI=1S/C13H14F2N2O4/c1-7-6-16(3-2-12(7)18)13(19)8-4-10(15)11(17(20)21)5-9(8)14/h4-5,7,12,18H,2-3,6H2,1H3. The molecule has 2 unspecified atom stereocenters. The summed E-state index contributed by atoms with van der Waals surface area (Å²) < 4.78 is 27.3. The first kappa shape index (κ1) is 15.3. The molecule has 1 N–H and O–H groups in total. The average Bonchev–Trinajstić information content (AvgIpc) is 2.43. The largest absolute Gasteiger partial charge is 0.393 e. The fourth-order valence-corrected chi connectivity index (χ4v) is 2.33. The maximum Gasteiger partial charge on any atom is 0.307 e. The first-order valence-corrected chi connectivity index (χ1v) is 6.42. The molecule has 8 heteroatoms. The number of aliphatic hydroxyl groups excluding tert-OH is 1. The van der Waals surface area contributed by atoms with Crippen molar-refractivity contribution in [1.29, 1.82) is 0 Å². The van der Waals surface area contributed by atoms with Crippen LogP contribution in [0.5, 0.6) is 0 Å². The molecular weight excluding hydrogens is 286 g/mol. The van der Waals surface area contributed by atoms with Gasteiger partial charge >= 0.3 is 5.69 Å². The Bertz CT molecular complexity index is 594. The molecule has 1 aromatic carbocycles. The van der Waals surface area contributed by atoms with Gasteiger partial charge < -0.3 is 10.0 Å². The quantitative estimate of drug-likeness (QED) is 0.666. The molecular formula is C13H14F2N2O4. The average molecular weight is 300 g/mol. The van der Waals surface area contributed by atoms with E-state index in [9.17, 15) is 28.8 Å². The molecule has 1 aliphatic heterocycles. The Kier molecular flexibility index (Phi) is 4.17.